The molecular formula is C19H24ClN5O2. The van der Waals surface area contributed by atoms with Crippen molar-refractivity contribution in [2.24, 2.45) is 11.8 Å². The molecule has 0 spiro atoms. The zero-order chi connectivity index (χ0) is 19.0. The number of carbonyl (C=O) groups excluding carboxylic acids is 2. The van der Waals surface area contributed by atoms with Gasteiger partial charge in [0.2, 0.25) is 0 Å². The van der Waals surface area contributed by atoms with Crippen molar-refractivity contribution in [1.82, 2.24) is 25.2 Å². The van der Waals surface area contributed by atoms with Gasteiger partial charge >= 0.3 is 0 Å². The number of rotatable bonds is 6. The van der Waals surface area contributed by atoms with Crippen LogP contribution in [0.15, 0.2) is 18.5 Å². The molecular weight excluding hydrogens is 366 g/mol. The molecule has 0 saturated heterocycles. The number of hydrogen-bond acceptors (Lipinski definition) is 3. The molecule has 2 amide bonds. The molecule has 3 N–H and O–H groups in total. The van der Waals surface area contributed by atoms with Crippen molar-refractivity contribution in [3.05, 3.63) is 40.7 Å². The van der Waals surface area contributed by atoms with Crippen LogP contribution in [0.25, 0.3) is 0 Å². The number of hydrogen-bond donors (Lipinski definition) is 3. The van der Waals surface area contributed by atoms with E-state index in [9.17, 15) is 9.59 Å². The van der Waals surface area contributed by atoms with Crippen LogP contribution >= 0.6 is 11.6 Å². The van der Waals surface area contributed by atoms with Crippen molar-refractivity contribution in [2.45, 2.75) is 45.2 Å². The maximum atomic E-state index is 12.7. The number of nitrogens with one attached hydrogen (secondary N) is 3. The van der Waals surface area contributed by atoms with Gasteiger partial charge in [-0.3, -0.25) is 9.59 Å². The van der Waals surface area contributed by atoms with E-state index in [1.54, 1.807) is 12.3 Å². The molecule has 0 radical (unpaired) electrons. The summed E-state index contributed by atoms with van der Waals surface area (Å²) >= 11 is 5.84. The zero-order valence-electron chi connectivity index (χ0n) is 15.3. The number of aromatic amines is 1. The Bertz CT molecular complexity index is 854. The molecule has 144 valence electrons. The van der Waals surface area contributed by atoms with Crippen molar-refractivity contribution in [2.75, 3.05) is 6.54 Å². The third-order valence-corrected chi connectivity index (χ3v) is 5.59. The Morgan fingerprint density at radius 3 is 2.89 bits per heavy atom. The number of nitrogens with zero attached hydrogens (tertiary/aromatic N) is 2. The van der Waals surface area contributed by atoms with Crippen LogP contribution in [0.3, 0.4) is 0 Å². The van der Waals surface area contributed by atoms with E-state index in [-0.39, 0.29) is 17.9 Å². The molecule has 2 aliphatic rings. The largest absolute Gasteiger partial charge is 0.356 e. The van der Waals surface area contributed by atoms with Crippen LogP contribution in [-0.2, 0) is 13.0 Å². The smallest absolute Gasteiger partial charge is 0.271 e. The third kappa shape index (κ3) is 4.18. The normalized spacial score (nSPS) is 20.0. The molecule has 2 aromatic heterocycles. The second kappa shape index (κ2) is 7.38. The highest BCUT2D eigenvalue weighted by Crippen LogP contribution is 2.32. The Balaban J connectivity index is 1.37. The maximum absolute atomic E-state index is 12.7. The maximum Gasteiger partial charge on any atom is 0.271 e. The van der Waals surface area contributed by atoms with E-state index in [0.29, 0.717) is 34.8 Å². The Morgan fingerprint density at radius 2 is 2.19 bits per heavy atom. The lowest BCUT2D eigenvalue weighted by Crippen LogP contribution is -2.45. The highest BCUT2D eigenvalue weighted by molar-refractivity contribution is 6.30. The zero-order valence-corrected chi connectivity index (χ0v) is 16.1. The Labute approximate surface area is 162 Å². The van der Waals surface area contributed by atoms with Gasteiger partial charge < -0.3 is 20.2 Å². The Kier molecular flexibility index (Phi) is 4.95. The molecule has 1 aliphatic carbocycles. The first-order valence-corrected chi connectivity index (χ1v) is 9.86. The van der Waals surface area contributed by atoms with E-state index >= 15 is 0 Å². The quantitative estimate of drug-likeness (QED) is 0.708. The van der Waals surface area contributed by atoms with Crippen LogP contribution in [-0.4, -0.2) is 38.9 Å². The summed E-state index contributed by atoms with van der Waals surface area (Å²) in [6.45, 7) is 3.51. The second-order valence-electron chi connectivity index (χ2n) is 7.69. The molecule has 2 unspecified atom stereocenters. The summed E-state index contributed by atoms with van der Waals surface area (Å²) in [6, 6.07) is 1.49. The van der Waals surface area contributed by atoms with Crippen molar-refractivity contribution >= 4 is 23.4 Å². The summed E-state index contributed by atoms with van der Waals surface area (Å²) in [7, 11) is 0. The van der Waals surface area contributed by atoms with E-state index < -0.39 is 0 Å². The first-order chi connectivity index (χ1) is 13.0. The molecule has 3 heterocycles. The standard InChI is InChI=1S/C19H24ClN5O2/c1-11-4-5-25-10-16(23-17(25)6-11)19(27)24-15(12-2-3-12)9-22-18(26)14-7-13(20)8-21-14/h7-8,10-12,15,21H,2-6,9H2,1H3,(H,22,26)(H,24,27). The van der Waals surface area contributed by atoms with Crippen molar-refractivity contribution in [3.8, 4) is 0 Å². The van der Waals surface area contributed by atoms with E-state index in [4.69, 9.17) is 11.6 Å². The molecule has 1 fully saturated rings. The van der Waals surface area contributed by atoms with Crippen LogP contribution < -0.4 is 10.6 Å². The lowest BCUT2D eigenvalue weighted by atomic mass is 10.0. The summed E-state index contributed by atoms with van der Waals surface area (Å²) in [5.41, 5.74) is 0.879. The van der Waals surface area contributed by atoms with Crippen LogP contribution in [0.2, 0.25) is 5.02 Å². The van der Waals surface area contributed by atoms with Gasteiger partial charge in [-0.15, -0.1) is 0 Å². The van der Waals surface area contributed by atoms with E-state index in [2.05, 4.69) is 32.1 Å². The molecule has 4 rings (SSSR count). The minimum Gasteiger partial charge on any atom is -0.356 e. The Hall–Kier alpha value is -2.28. The number of H-pyrrole nitrogens is 1. The van der Waals surface area contributed by atoms with Crippen molar-refractivity contribution < 1.29 is 9.59 Å². The molecule has 0 aromatic carbocycles. The van der Waals surface area contributed by atoms with Gasteiger partial charge in [0.05, 0.1) is 5.02 Å². The lowest BCUT2D eigenvalue weighted by molar-refractivity contribution is 0.0899. The number of amides is 2. The van der Waals surface area contributed by atoms with Gasteiger partial charge in [-0.05, 0) is 37.2 Å². The molecule has 2 aromatic rings. The minimum absolute atomic E-state index is 0.0930. The summed E-state index contributed by atoms with van der Waals surface area (Å²) in [6.07, 6.45) is 7.56. The van der Waals surface area contributed by atoms with Crippen LogP contribution in [0.4, 0.5) is 0 Å². The van der Waals surface area contributed by atoms with Gasteiger partial charge in [-0.25, -0.2) is 4.98 Å². The topological polar surface area (TPSA) is 91.8 Å². The third-order valence-electron chi connectivity index (χ3n) is 5.37. The first-order valence-electron chi connectivity index (χ1n) is 9.48. The van der Waals surface area contributed by atoms with Gasteiger partial charge in [0, 0.05) is 37.9 Å². The van der Waals surface area contributed by atoms with Crippen molar-refractivity contribution in [1.29, 1.82) is 0 Å². The van der Waals surface area contributed by atoms with Gasteiger partial charge in [-0.2, -0.15) is 0 Å². The predicted molar refractivity (Wildman–Crippen MR) is 102 cm³/mol. The van der Waals surface area contributed by atoms with Gasteiger partial charge in [-0.1, -0.05) is 18.5 Å². The number of fused-ring (bicyclic) bond motifs is 1. The second-order valence-corrected chi connectivity index (χ2v) is 8.13. The first kappa shape index (κ1) is 18.1. The number of aryl methyl sites for hydroxylation is 1. The highest BCUT2D eigenvalue weighted by Gasteiger charge is 2.33. The number of aromatic nitrogens is 3. The number of carbonyl (C=O) groups is 2. The number of imidazole rings is 1. The molecule has 0 bridgehead atoms. The van der Waals surface area contributed by atoms with Gasteiger partial charge in [0.25, 0.3) is 11.8 Å². The molecule has 7 nitrogen and oxygen atoms in total. The monoisotopic (exact) mass is 389 g/mol. The van der Waals surface area contributed by atoms with Gasteiger partial charge in [0.15, 0.2) is 0 Å². The number of halogens is 1. The van der Waals surface area contributed by atoms with E-state index in [1.807, 2.05) is 6.20 Å². The molecule has 8 heteroatoms. The predicted octanol–water partition coefficient (Wildman–Crippen LogP) is 2.39. The molecule has 27 heavy (non-hydrogen) atoms. The van der Waals surface area contributed by atoms with Crippen LogP contribution in [0.5, 0.6) is 0 Å². The fourth-order valence-electron chi connectivity index (χ4n) is 3.57. The van der Waals surface area contributed by atoms with Crippen molar-refractivity contribution in [3.63, 3.8) is 0 Å². The minimum atomic E-state index is -0.228. The van der Waals surface area contributed by atoms with Crippen LogP contribution in [0.1, 0.15) is 53.0 Å². The lowest BCUT2D eigenvalue weighted by Gasteiger charge is -2.18. The molecule has 1 saturated carbocycles. The fraction of sp³-hybridized carbons (Fsp3) is 0.526. The van der Waals surface area contributed by atoms with Gasteiger partial charge in [0.1, 0.15) is 17.2 Å². The summed E-state index contributed by atoms with van der Waals surface area (Å²) in [4.78, 5) is 32.2. The molecule has 1 aliphatic heterocycles. The summed E-state index contributed by atoms with van der Waals surface area (Å²) in [5, 5.41) is 6.43. The van der Waals surface area contributed by atoms with E-state index in [0.717, 1.165) is 38.1 Å². The summed E-state index contributed by atoms with van der Waals surface area (Å²) < 4.78 is 2.08. The molecule has 2 atom stereocenters. The highest BCUT2D eigenvalue weighted by atomic mass is 35.5. The van der Waals surface area contributed by atoms with Crippen LogP contribution in [0, 0.1) is 11.8 Å². The Morgan fingerprint density at radius 1 is 1.37 bits per heavy atom. The summed E-state index contributed by atoms with van der Waals surface area (Å²) in [5.74, 6) is 1.59. The average molecular weight is 390 g/mol. The average Bonchev–Trinajstić information content (AvgIpc) is 3.25. The van der Waals surface area contributed by atoms with E-state index in [1.165, 1.54) is 0 Å². The fourth-order valence-corrected chi connectivity index (χ4v) is 3.73. The SMILES string of the molecule is CC1CCn2cc(C(=O)NC(CNC(=O)c3cc(Cl)c[nH]3)C3CC3)nc2C1.